The molecule has 0 amide bonds. The first-order valence-electron chi connectivity index (χ1n) is 5.96. The van der Waals surface area contributed by atoms with Gasteiger partial charge in [0, 0.05) is 23.0 Å². The van der Waals surface area contributed by atoms with Crippen molar-refractivity contribution in [2.45, 2.75) is 0 Å². The van der Waals surface area contributed by atoms with E-state index in [9.17, 15) is 5.11 Å². The molecule has 4 heteroatoms. The molecule has 90 valence electrons. The van der Waals surface area contributed by atoms with Crippen LogP contribution in [0.4, 0.5) is 0 Å². The van der Waals surface area contributed by atoms with E-state index in [0.717, 1.165) is 21.8 Å². The van der Waals surface area contributed by atoms with Gasteiger partial charge in [0.15, 0.2) is 5.65 Å². The Balaban J connectivity index is 2.29. The number of pyridine rings is 1. The maximum Gasteiger partial charge on any atom is 0.178 e. The number of rotatable bonds is 0. The van der Waals surface area contributed by atoms with Gasteiger partial charge in [-0.2, -0.15) is 0 Å². The predicted octanol–water partition coefficient (Wildman–Crippen LogP) is 3.04. The molecule has 2 aromatic carbocycles. The average molecular weight is 247 g/mol. The molecule has 0 atom stereocenters. The third-order valence-electron chi connectivity index (χ3n) is 3.20. The Bertz CT molecular complexity index is 934. The van der Waals surface area contributed by atoms with Crippen LogP contribution in [0, 0.1) is 0 Å². The quantitative estimate of drug-likeness (QED) is 0.383. The number of aromatic hydroxyl groups is 1. The smallest absolute Gasteiger partial charge is 0.178 e. The highest BCUT2D eigenvalue weighted by atomic mass is 16.3. The zero-order chi connectivity index (χ0) is 12.8. The van der Waals surface area contributed by atoms with E-state index in [0.29, 0.717) is 11.2 Å². The minimum absolute atomic E-state index is 0.223. The third-order valence-corrected chi connectivity index (χ3v) is 3.20. The third kappa shape index (κ3) is 1.43. The Kier molecular flexibility index (Phi) is 1.94. The number of hydrogen-bond donors (Lipinski definition) is 1. The molecular weight excluding hydrogens is 238 g/mol. The summed E-state index contributed by atoms with van der Waals surface area (Å²) in [4.78, 5) is 13.3. The summed E-state index contributed by atoms with van der Waals surface area (Å²) in [7, 11) is 0. The number of aromatic nitrogens is 3. The summed E-state index contributed by atoms with van der Waals surface area (Å²) in [5.74, 6) is 0.223. The van der Waals surface area contributed by atoms with E-state index in [1.54, 1.807) is 12.3 Å². The lowest BCUT2D eigenvalue weighted by Crippen LogP contribution is -1.90. The van der Waals surface area contributed by atoms with Crippen molar-refractivity contribution >= 4 is 33.0 Å². The number of nitrogens with zero attached hydrogens (tertiary/aromatic N) is 3. The molecule has 4 nitrogen and oxygen atoms in total. The fourth-order valence-corrected chi connectivity index (χ4v) is 2.33. The fraction of sp³-hybridized carbons (Fsp3) is 0. The highest BCUT2D eigenvalue weighted by Crippen LogP contribution is 2.31. The zero-order valence-electron chi connectivity index (χ0n) is 9.91. The van der Waals surface area contributed by atoms with E-state index in [1.165, 1.54) is 0 Å². The summed E-state index contributed by atoms with van der Waals surface area (Å²) in [6, 6.07) is 12.9. The molecule has 2 heterocycles. The lowest BCUT2D eigenvalue weighted by atomic mass is 10.1. The van der Waals surface area contributed by atoms with Crippen molar-refractivity contribution in [2.75, 3.05) is 0 Å². The van der Waals surface area contributed by atoms with Gasteiger partial charge >= 0.3 is 0 Å². The second-order valence-corrected chi connectivity index (χ2v) is 4.38. The maximum absolute atomic E-state index is 10.1. The second-order valence-electron chi connectivity index (χ2n) is 4.38. The molecule has 0 saturated heterocycles. The Hall–Kier alpha value is -2.75. The summed E-state index contributed by atoms with van der Waals surface area (Å²) < 4.78 is 0. The molecule has 0 aliphatic carbocycles. The van der Waals surface area contributed by atoms with Crippen molar-refractivity contribution < 1.29 is 5.11 Å². The van der Waals surface area contributed by atoms with Crippen LogP contribution in [0.5, 0.6) is 5.75 Å². The molecule has 0 aliphatic rings. The van der Waals surface area contributed by atoms with Crippen LogP contribution >= 0.6 is 0 Å². The molecule has 0 spiro atoms. The summed E-state index contributed by atoms with van der Waals surface area (Å²) in [5, 5.41) is 11.7. The van der Waals surface area contributed by atoms with E-state index >= 15 is 0 Å². The van der Waals surface area contributed by atoms with Crippen molar-refractivity contribution in [3.63, 3.8) is 0 Å². The van der Waals surface area contributed by atoms with Gasteiger partial charge in [0.05, 0.1) is 11.0 Å². The number of hydrogen-bond acceptors (Lipinski definition) is 4. The number of phenolic OH excluding ortho intramolecular Hbond substituents is 1. The molecule has 1 N–H and O–H groups in total. The van der Waals surface area contributed by atoms with Gasteiger partial charge in [-0.15, -0.1) is 0 Å². The molecule has 0 radical (unpaired) electrons. The first-order chi connectivity index (χ1) is 9.33. The van der Waals surface area contributed by atoms with Gasteiger partial charge in [-0.25, -0.2) is 15.0 Å². The van der Waals surface area contributed by atoms with Crippen LogP contribution in [-0.2, 0) is 0 Å². The van der Waals surface area contributed by atoms with Gasteiger partial charge in [-0.1, -0.05) is 24.3 Å². The van der Waals surface area contributed by atoms with Gasteiger partial charge in [-0.3, -0.25) is 0 Å². The highest BCUT2D eigenvalue weighted by Gasteiger charge is 2.09. The van der Waals surface area contributed by atoms with Gasteiger partial charge in [0.1, 0.15) is 11.3 Å². The SMILES string of the molecule is Oc1cc2nc3cccnc3nc2c2ccccc12. The molecule has 0 saturated carbocycles. The minimum Gasteiger partial charge on any atom is -0.507 e. The van der Waals surface area contributed by atoms with Gasteiger partial charge in [0.25, 0.3) is 0 Å². The number of phenols is 1. The summed E-state index contributed by atoms with van der Waals surface area (Å²) in [5.41, 5.74) is 2.78. The Morgan fingerprint density at radius 1 is 0.842 bits per heavy atom. The van der Waals surface area contributed by atoms with Gasteiger partial charge in [0.2, 0.25) is 0 Å². The van der Waals surface area contributed by atoms with Crippen molar-refractivity contribution in [3.05, 3.63) is 48.7 Å². The molecule has 0 fully saturated rings. The molecule has 0 unspecified atom stereocenters. The zero-order valence-corrected chi connectivity index (χ0v) is 9.91. The van der Waals surface area contributed by atoms with Crippen LogP contribution in [0.25, 0.3) is 33.0 Å². The average Bonchev–Trinajstić information content (AvgIpc) is 2.46. The van der Waals surface area contributed by atoms with E-state index < -0.39 is 0 Å². The summed E-state index contributed by atoms with van der Waals surface area (Å²) in [6.07, 6.45) is 1.70. The lowest BCUT2D eigenvalue weighted by Gasteiger charge is -2.06. The van der Waals surface area contributed by atoms with Crippen LogP contribution in [0.1, 0.15) is 0 Å². The van der Waals surface area contributed by atoms with Crippen molar-refractivity contribution in [1.82, 2.24) is 15.0 Å². The molecule has 19 heavy (non-hydrogen) atoms. The number of fused-ring (bicyclic) bond motifs is 4. The Morgan fingerprint density at radius 3 is 2.58 bits per heavy atom. The standard InChI is InChI=1S/C15H9N3O/c19-13-8-12-14(10-5-2-1-4-9(10)13)18-15-11(17-12)6-3-7-16-15/h1-8,19H. The first kappa shape index (κ1) is 10.2. The summed E-state index contributed by atoms with van der Waals surface area (Å²) >= 11 is 0. The van der Waals surface area contributed by atoms with E-state index in [1.807, 2.05) is 36.4 Å². The van der Waals surface area contributed by atoms with Crippen LogP contribution < -0.4 is 0 Å². The van der Waals surface area contributed by atoms with Crippen molar-refractivity contribution in [2.24, 2.45) is 0 Å². The van der Waals surface area contributed by atoms with Crippen LogP contribution in [0.2, 0.25) is 0 Å². The van der Waals surface area contributed by atoms with E-state index in [4.69, 9.17) is 0 Å². The largest absolute Gasteiger partial charge is 0.507 e. The predicted molar refractivity (Wildman–Crippen MR) is 74.0 cm³/mol. The van der Waals surface area contributed by atoms with Crippen LogP contribution in [-0.4, -0.2) is 20.1 Å². The maximum atomic E-state index is 10.1. The highest BCUT2D eigenvalue weighted by molar-refractivity contribution is 6.08. The second kappa shape index (κ2) is 3.62. The fourth-order valence-electron chi connectivity index (χ4n) is 2.33. The molecule has 2 aromatic heterocycles. The number of benzene rings is 2. The summed E-state index contributed by atoms with van der Waals surface area (Å²) in [6.45, 7) is 0. The van der Waals surface area contributed by atoms with Gasteiger partial charge < -0.3 is 5.11 Å². The first-order valence-corrected chi connectivity index (χ1v) is 5.96. The molecule has 0 aliphatic heterocycles. The molecular formula is C15H9N3O. The topological polar surface area (TPSA) is 58.9 Å². The van der Waals surface area contributed by atoms with Crippen LogP contribution in [0.3, 0.4) is 0 Å². The normalized spacial score (nSPS) is 11.4. The van der Waals surface area contributed by atoms with Gasteiger partial charge in [-0.05, 0) is 12.1 Å². The monoisotopic (exact) mass is 247 g/mol. The van der Waals surface area contributed by atoms with E-state index in [2.05, 4.69) is 15.0 Å². The van der Waals surface area contributed by atoms with Crippen LogP contribution in [0.15, 0.2) is 48.7 Å². The molecule has 4 rings (SSSR count). The molecule has 4 aromatic rings. The van der Waals surface area contributed by atoms with E-state index in [-0.39, 0.29) is 5.75 Å². The molecule has 0 bridgehead atoms. The lowest BCUT2D eigenvalue weighted by molar-refractivity contribution is 0.482. The minimum atomic E-state index is 0.223. The Morgan fingerprint density at radius 2 is 1.68 bits per heavy atom. The Labute approximate surface area is 108 Å². The van der Waals surface area contributed by atoms with Crippen molar-refractivity contribution in [3.8, 4) is 5.75 Å². The van der Waals surface area contributed by atoms with Crippen molar-refractivity contribution in [1.29, 1.82) is 0 Å².